The van der Waals surface area contributed by atoms with Crippen LogP contribution in [-0.4, -0.2) is 26.6 Å². The second-order valence-electron chi connectivity index (χ2n) is 7.20. The van der Waals surface area contributed by atoms with Crippen LogP contribution in [0.2, 0.25) is 0 Å². The molecule has 0 radical (unpaired) electrons. The van der Waals surface area contributed by atoms with Gasteiger partial charge in [0, 0.05) is 5.69 Å². The molecule has 0 unspecified atom stereocenters. The third kappa shape index (κ3) is 4.73. The summed E-state index contributed by atoms with van der Waals surface area (Å²) in [4.78, 5) is 13.2. The van der Waals surface area contributed by atoms with Gasteiger partial charge in [-0.1, -0.05) is 38.1 Å². The average Bonchev–Trinajstić information content (AvgIpc) is 2.62. The van der Waals surface area contributed by atoms with E-state index in [0.717, 1.165) is 40.6 Å². The van der Waals surface area contributed by atoms with Crippen molar-refractivity contribution in [3.63, 3.8) is 0 Å². The lowest BCUT2D eigenvalue weighted by Crippen LogP contribution is -2.47. The van der Waals surface area contributed by atoms with E-state index < -0.39 is 16.1 Å². The summed E-state index contributed by atoms with van der Waals surface area (Å²) in [6.45, 7) is 9.69. The highest BCUT2D eigenvalue weighted by Gasteiger charge is 2.32. The van der Waals surface area contributed by atoms with Crippen LogP contribution < -0.4 is 9.62 Å². The molecule has 0 aliphatic rings. The Labute approximate surface area is 168 Å². The summed E-state index contributed by atoms with van der Waals surface area (Å²) in [6.07, 6.45) is 2.28. The molecule has 0 bridgehead atoms. The van der Waals surface area contributed by atoms with Crippen LogP contribution in [0.3, 0.4) is 0 Å². The van der Waals surface area contributed by atoms with Gasteiger partial charge in [-0.15, -0.1) is 0 Å². The summed E-state index contributed by atoms with van der Waals surface area (Å²) >= 11 is 0. The van der Waals surface area contributed by atoms with Crippen LogP contribution in [0.4, 0.5) is 11.4 Å². The molecule has 2 aromatic rings. The number of hydrogen-bond donors (Lipinski definition) is 1. The van der Waals surface area contributed by atoms with E-state index in [1.54, 1.807) is 6.07 Å². The molecule has 1 amide bonds. The van der Waals surface area contributed by atoms with E-state index in [1.165, 1.54) is 4.31 Å². The molecule has 6 heteroatoms. The average molecular weight is 403 g/mol. The second-order valence-corrected chi connectivity index (χ2v) is 9.06. The Balaban J connectivity index is 2.47. The van der Waals surface area contributed by atoms with Gasteiger partial charge in [-0.25, -0.2) is 8.42 Å². The molecule has 5 nitrogen and oxygen atoms in total. The Morgan fingerprint density at radius 3 is 2.25 bits per heavy atom. The zero-order chi connectivity index (χ0) is 21.1. The summed E-state index contributed by atoms with van der Waals surface area (Å²) in [6, 6.07) is 10.5. The fraction of sp³-hybridized carbons (Fsp3) is 0.409. The summed E-state index contributed by atoms with van der Waals surface area (Å²) in [7, 11) is -3.65. The minimum atomic E-state index is -3.65. The molecular formula is C22H30N2O3S. The molecule has 0 fully saturated rings. The third-order valence-corrected chi connectivity index (χ3v) is 6.24. The van der Waals surface area contributed by atoms with Gasteiger partial charge in [0.2, 0.25) is 15.9 Å². The fourth-order valence-corrected chi connectivity index (χ4v) is 4.54. The summed E-state index contributed by atoms with van der Waals surface area (Å²) < 4.78 is 26.5. The van der Waals surface area contributed by atoms with Gasteiger partial charge in [0.05, 0.1) is 11.9 Å². The van der Waals surface area contributed by atoms with E-state index in [0.29, 0.717) is 12.1 Å². The molecule has 2 rings (SSSR count). The molecule has 0 saturated heterocycles. The molecule has 0 heterocycles. The van der Waals surface area contributed by atoms with Crippen molar-refractivity contribution in [2.75, 3.05) is 15.9 Å². The topological polar surface area (TPSA) is 66.5 Å². The Bertz CT molecular complexity index is 968. The molecular weight excluding hydrogens is 372 g/mol. The Hall–Kier alpha value is -2.34. The third-order valence-electron chi connectivity index (χ3n) is 5.06. The van der Waals surface area contributed by atoms with Gasteiger partial charge in [0.1, 0.15) is 6.04 Å². The number of aryl methyl sites for hydroxylation is 4. The first-order valence-corrected chi connectivity index (χ1v) is 11.4. The first kappa shape index (κ1) is 22.0. The van der Waals surface area contributed by atoms with Crippen molar-refractivity contribution >= 4 is 27.3 Å². The predicted octanol–water partition coefficient (Wildman–Crippen LogP) is 4.36. The zero-order valence-corrected chi connectivity index (χ0v) is 18.4. The van der Waals surface area contributed by atoms with Crippen molar-refractivity contribution in [2.45, 2.75) is 53.5 Å². The van der Waals surface area contributed by atoms with Crippen molar-refractivity contribution in [3.05, 3.63) is 58.7 Å². The Kier molecular flexibility index (Phi) is 6.88. The number of hydrogen-bond acceptors (Lipinski definition) is 3. The molecule has 0 aliphatic heterocycles. The number of sulfonamides is 1. The predicted molar refractivity (Wildman–Crippen MR) is 117 cm³/mol. The molecule has 1 N–H and O–H groups in total. The van der Waals surface area contributed by atoms with Crippen molar-refractivity contribution in [3.8, 4) is 0 Å². The zero-order valence-electron chi connectivity index (χ0n) is 17.5. The van der Waals surface area contributed by atoms with Crippen molar-refractivity contribution < 1.29 is 13.2 Å². The minimum absolute atomic E-state index is 0.324. The van der Waals surface area contributed by atoms with Crippen LogP contribution in [-0.2, 0) is 21.2 Å². The molecule has 28 heavy (non-hydrogen) atoms. The Morgan fingerprint density at radius 2 is 1.71 bits per heavy atom. The highest BCUT2D eigenvalue weighted by Crippen LogP contribution is 2.27. The van der Waals surface area contributed by atoms with Gasteiger partial charge in [-0.05, 0) is 68.0 Å². The smallest absolute Gasteiger partial charge is 0.248 e. The van der Waals surface area contributed by atoms with E-state index in [9.17, 15) is 13.2 Å². The van der Waals surface area contributed by atoms with Gasteiger partial charge in [0.15, 0.2) is 0 Å². The molecule has 1 atom stereocenters. The van der Waals surface area contributed by atoms with Crippen molar-refractivity contribution in [2.24, 2.45) is 0 Å². The summed E-state index contributed by atoms with van der Waals surface area (Å²) in [5.41, 5.74) is 5.31. The van der Waals surface area contributed by atoms with Gasteiger partial charge in [0.25, 0.3) is 0 Å². The van der Waals surface area contributed by atoms with Gasteiger partial charge in [-0.2, -0.15) is 0 Å². The van der Waals surface area contributed by atoms with E-state index in [-0.39, 0.29) is 5.91 Å². The summed E-state index contributed by atoms with van der Waals surface area (Å²) in [5.74, 6) is -0.324. The molecule has 2 aromatic carbocycles. The molecule has 0 saturated carbocycles. The molecule has 0 spiro atoms. The number of rotatable bonds is 7. The standard InChI is InChI=1S/C22H30N2O3S/c1-7-18-11-9-10-16(4)21(18)23-22(25)20(8-2)24(28(6,26)27)19-13-12-15(3)17(5)14-19/h9-14,20H,7-8H2,1-6H3,(H,23,25)/t20-/m1/s1. The largest absolute Gasteiger partial charge is 0.324 e. The fourth-order valence-electron chi connectivity index (χ4n) is 3.33. The first-order valence-electron chi connectivity index (χ1n) is 9.56. The van der Waals surface area contributed by atoms with E-state index in [4.69, 9.17) is 0 Å². The number of anilines is 2. The number of carbonyl (C=O) groups excluding carboxylic acids is 1. The van der Waals surface area contributed by atoms with Crippen molar-refractivity contribution in [1.82, 2.24) is 0 Å². The normalized spacial score (nSPS) is 12.5. The first-order chi connectivity index (χ1) is 13.1. The SMILES string of the molecule is CCc1cccc(C)c1NC(=O)[C@@H](CC)N(c1ccc(C)c(C)c1)S(C)(=O)=O. The maximum atomic E-state index is 13.2. The number of benzene rings is 2. The van der Waals surface area contributed by atoms with E-state index in [2.05, 4.69) is 5.32 Å². The quantitative estimate of drug-likeness (QED) is 0.748. The lowest BCUT2D eigenvalue weighted by Gasteiger charge is -2.31. The maximum Gasteiger partial charge on any atom is 0.248 e. The van der Waals surface area contributed by atoms with Crippen LogP contribution >= 0.6 is 0 Å². The van der Waals surface area contributed by atoms with Crippen LogP contribution in [0, 0.1) is 20.8 Å². The number of nitrogens with zero attached hydrogens (tertiary/aromatic N) is 1. The van der Waals surface area contributed by atoms with Crippen LogP contribution in [0.1, 0.15) is 42.5 Å². The van der Waals surface area contributed by atoms with E-state index >= 15 is 0 Å². The molecule has 0 aliphatic carbocycles. The van der Waals surface area contributed by atoms with Gasteiger partial charge >= 0.3 is 0 Å². The molecule has 152 valence electrons. The van der Waals surface area contributed by atoms with E-state index in [1.807, 2.05) is 65.0 Å². The second kappa shape index (κ2) is 8.78. The summed E-state index contributed by atoms with van der Waals surface area (Å²) in [5, 5.41) is 2.98. The van der Waals surface area contributed by atoms with Crippen molar-refractivity contribution in [1.29, 1.82) is 0 Å². The number of para-hydroxylation sites is 1. The lowest BCUT2D eigenvalue weighted by molar-refractivity contribution is -0.117. The Morgan fingerprint density at radius 1 is 1.04 bits per heavy atom. The number of amides is 1. The maximum absolute atomic E-state index is 13.2. The number of carbonyl (C=O) groups is 1. The molecule has 0 aromatic heterocycles. The highest BCUT2D eigenvalue weighted by molar-refractivity contribution is 7.92. The lowest BCUT2D eigenvalue weighted by atomic mass is 10.0. The van der Waals surface area contributed by atoms with Crippen LogP contribution in [0.15, 0.2) is 36.4 Å². The van der Waals surface area contributed by atoms with Crippen LogP contribution in [0.25, 0.3) is 0 Å². The monoisotopic (exact) mass is 402 g/mol. The highest BCUT2D eigenvalue weighted by atomic mass is 32.2. The van der Waals surface area contributed by atoms with Crippen LogP contribution in [0.5, 0.6) is 0 Å². The minimum Gasteiger partial charge on any atom is -0.324 e. The van der Waals surface area contributed by atoms with Gasteiger partial charge < -0.3 is 5.32 Å². The number of nitrogens with one attached hydrogen (secondary N) is 1. The van der Waals surface area contributed by atoms with Gasteiger partial charge in [-0.3, -0.25) is 9.10 Å².